The number of carbonyl (C=O) groups is 2. The maximum absolute atomic E-state index is 12.8. The van der Waals surface area contributed by atoms with Crippen molar-refractivity contribution in [3.05, 3.63) is 49.7 Å². The molecule has 0 unspecified atom stereocenters. The topological polar surface area (TPSA) is 85.3 Å². The fourth-order valence-corrected chi connectivity index (χ4v) is 4.50. The lowest BCUT2D eigenvalue weighted by atomic mass is 10.1. The predicted molar refractivity (Wildman–Crippen MR) is 126 cm³/mol. The molecule has 0 bridgehead atoms. The van der Waals surface area contributed by atoms with Gasteiger partial charge in [-0.3, -0.25) is 14.5 Å². The molecular formula is C21H19Br2NO6S. The monoisotopic (exact) mass is 571 g/mol. The summed E-state index contributed by atoms with van der Waals surface area (Å²) in [6, 6.07) is 8.76. The first-order chi connectivity index (χ1) is 14.9. The number of para-hydroxylation sites is 2. The third-order valence-electron chi connectivity index (χ3n) is 4.28. The van der Waals surface area contributed by atoms with E-state index in [2.05, 4.69) is 31.9 Å². The molecule has 0 spiro atoms. The standard InChI is InChI=1S/C21H19Br2NO6S/c1-3-29-16-11-13(22)18(23)12(19(16)25)10-17-20(26)24(21(27)31-17)8-9-30-15-7-5-4-6-14(15)28-2/h4-7,10-11,25H,3,8-9H2,1-2H3/b17-10-. The quantitative estimate of drug-likeness (QED) is 0.421. The number of hydrogen-bond donors (Lipinski definition) is 1. The number of imide groups is 1. The van der Waals surface area contributed by atoms with Crippen LogP contribution in [0.1, 0.15) is 12.5 Å². The van der Waals surface area contributed by atoms with Gasteiger partial charge in [-0.15, -0.1) is 0 Å². The minimum absolute atomic E-state index is 0.0793. The molecule has 2 amide bonds. The Morgan fingerprint density at radius 3 is 2.52 bits per heavy atom. The highest BCUT2D eigenvalue weighted by Crippen LogP contribution is 2.43. The van der Waals surface area contributed by atoms with Crippen molar-refractivity contribution in [2.24, 2.45) is 0 Å². The van der Waals surface area contributed by atoms with Gasteiger partial charge in [0.1, 0.15) is 6.61 Å². The molecule has 10 heteroatoms. The van der Waals surface area contributed by atoms with Crippen molar-refractivity contribution in [2.75, 3.05) is 26.9 Å². The largest absolute Gasteiger partial charge is 0.504 e. The average Bonchev–Trinajstić information content (AvgIpc) is 3.02. The van der Waals surface area contributed by atoms with E-state index in [0.717, 1.165) is 16.7 Å². The molecule has 0 atom stereocenters. The van der Waals surface area contributed by atoms with Gasteiger partial charge < -0.3 is 19.3 Å². The van der Waals surface area contributed by atoms with Crippen LogP contribution < -0.4 is 14.2 Å². The Morgan fingerprint density at radius 1 is 1.13 bits per heavy atom. The molecule has 0 radical (unpaired) electrons. The summed E-state index contributed by atoms with van der Waals surface area (Å²) in [5.41, 5.74) is 0.341. The molecule has 2 aromatic carbocycles. The molecule has 0 aromatic heterocycles. The van der Waals surface area contributed by atoms with Gasteiger partial charge in [0.05, 0.1) is 25.2 Å². The maximum Gasteiger partial charge on any atom is 0.293 e. The van der Waals surface area contributed by atoms with Crippen LogP contribution in [0.5, 0.6) is 23.0 Å². The Hall–Kier alpha value is -2.17. The summed E-state index contributed by atoms with van der Waals surface area (Å²) in [7, 11) is 1.54. The molecule has 1 fully saturated rings. The van der Waals surface area contributed by atoms with Crippen molar-refractivity contribution in [2.45, 2.75) is 6.92 Å². The molecular weight excluding hydrogens is 554 g/mol. The smallest absolute Gasteiger partial charge is 0.293 e. The summed E-state index contributed by atoms with van der Waals surface area (Å²) in [6.45, 7) is 2.36. The number of carbonyl (C=O) groups excluding carboxylic acids is 2. The lowest BCUT2D eigenvalue weighted by Crippen LogP contribution is -2.32. The first-order valence-electron chi connectivity index (χ1n) is 9.22. The Bertz CT molecular complexity index is 1040. The van der Waals surface area contributed by atoms with Gasteiger partial charge in [0.2, 0.25) is 0 Å². The summed E-state index contributed by atoms with van der Waals surface area (Å²) in [4.78, 5) is 26.5. The van der Waals surface area contributed by atoms with Gasteiger partial charge in [0, 0.05) is 14.5 Å². The average molecular weight is 573 g/mol. The number of halogens is 2. The number of benzene rings is 2. The normalized spacial score (nSPS) is 15.0. The van der Waals surface area contributed by atoms with E-state index in [1.165, 1.54) is 13.2 Å². The van der Waals surface area contributed by atoms with Gasteiger partial charge in [-0.2, -0.15) is 0 Å². The molecule has 7 nitrogen and oxygen atoms in total. The minimum Gasteiger partial charge on any atom is -0.504 e. The van der Waals surface area contributed by atoms with Crippen LogP contribution in [0.3, 0.4) is 0 Å². The van der Waals surface area contributed by atoms with Crippen LogP contribution >= 0.6 is 43.6 Å². The molecule has 1 aliphatic rings. The number of ether oxygens (including phenoxy) is 3. The zero-order valence-electron chi connectivity index (χ0n) is 16.7. The Morgan fingerprint density at radius 2 is 1.84 bits per heavy atom. The van der Waals surface area contributed by atoms with E-state index in [1.807, 2.05) is 6.07 Å². The van der Waals surface area contributed by atoms with E-state index in [4.69, 9.17) is 14.2 Å². The Balaban J connectivity index is 1.77. The second-order valence-corrected chi connectivity index (χ2v) is 8.84. The minimum atomic E-state index is -0.456. The number of phenolic OH excluding ortho intramolecular Hbond substituents is 1. The van der Waals surface area contributed by atoms with Crippen LogP contribution in [-0.4, -0.2) is 48.0 Å². The Kier molecular flexibility index (Phi) is 7.90. The van der Waals surface area contributed by atoms with E-state index in [-0.39, 0.29) is 29.6 Å². The van der Waals surface area contributed by atoms with E-state index in [9.17, 15) is 14.7 Å². The summed E-state index contributed by atoms with van der Waals surface area (Å²) >= 11 is 7.59. The first kappa shape index (κ1) is 23.5. The van der Waals surface area contributed by atoms with Gasteiger partial charge in [-0.1, -0.05) is 12.1 Å². The molecule has 1 aliphatic heterocycles. The lowest BCUT2D eigenvalue weighted by molar-refractivity contribution is -0.123. The van der Waals surface area contributed by atoms with Gasteiger partial charge in [-0.25, -0.2) is 0 Å². The number of aromatic hydroxyl groups is 1. The predicted octanol–water partition coefficient (Wildman–Crippen LogP) is 5.44. The highest BCUT2D eigenvalue weighted by molar-refractivity contribution is 9.13. The highest BCUT2D eigenvalue weighted by atomic mass is 79.9. The molecule has 31 heavy (non-hydrogen) atoms. The highest BCUT2D eigenvalue weighted by Gasteiger charge is 2.35. The number of phenols is 1. The zero-order valence-corrected chi connectivity index (χ0v) is 20.7. The first-order valence-corrected chi connectivity index (χ1v) is 11.6. The second-order valence-electron chi connectivity index (χ2n) is 6.20. The molecule has 2 aromatic rings. The van der Waals surface area contributed by atoms with Crippen molar-refractivity contribution in [1.82, 2.24) is 4.90 Å². The number of thioether (sulfide) groups is 1. The number of nitrogens with zero attached hydrogens (tertiary/aromatic N) is 1. The molecule has 164 valence electrons. The fraction of sp³-hybridized carbons (Fsp3) is 0.238. The van der Waals surface area contributed by atoms with E-state index < -0.39 is 11.1 Å². The summed E-state index contributed by atoms with van der Waals surface area (Å²) in [5.74, 6) is 0.787. The van der Waals surface area contributed by atoms with Gasteiger partial charge >= 0.3 is 0 Å². The molecule has 1 N–H and O–H groups in total. The Labute approximate surface area is 200 Å². The van der Waals surface area contributed by atoms with Crippen LogP contribution in [0, 0.1) is 0 Å². The zero-order chi connectivity index (χ0) is 22.5. The van der Waals surface area contributed by atoms with Crippen LogP contribution in [0.2, 0.25) is 0 Å². The second kappa shape index (κ2) is 10.4. The van der Waals surface area contributed by atoms with Gasteiger partial charge in [0.15, 0.2) is 23.0 Å². The number of hydrogen-bond acceptors (Lipinski definition) is 7. The molecule has 3 rings (SSSR count). The SMILES string of the molecule is CCOc1cc(Br)c(Br)c(/C=C2\SC(=O)N(CCOc3ccccc3OC)C2=O)c1O. The van der Waals surface area contributed by atoms with Gasteiger partial charge in [0.25, 0.3) is 11.1 Å². The maximum atomic E-state index is 12.8. The lowest BCUT2D eigenvalue weighted by Gasteiger charge is -2.15. The van der Waals surface area contributed by atoms with E-state index in [1.54, 1.807) is 31.2 Å². The molecule has 1 saturated heterocycles. The number of methoxy groups -OCH3 is 1. The molecule has 1 heterocycles. The van der Waals surface area contributed by atoms with Crippen molar-refractivity contribution in [1.29, 1.82) is 0 Å². The number of rotatable bonds is 8. The molecule has 0 aliphatic carbocycles. The van der Waals surface area contributed by atoms with Crippen LogP contribution in [-0.2, 0) is 4.79 Å². The van der Waals surface area contributed by atoms with Crippen molar-refractivity contribution in [3.63, 3.8) is 0 Å². The van der Waals surface area contributed by atoms with Crippen LogP contribution in [0.4, 0.5) is 4.79 Å². The van der Waals surface area contributed by atoms with Crippen LogP contribution in [0.25, 0.3) is 6.08 Å². The molecule has 0 saturated carbocycles. The van der Waals surface area contributed by atoms with Crippen molar-refractivity contribution in [3.8, 4) is 23.0 Å². The van der Waals surface area contributed by atoms with Gasteiger partial charge in [-0.05, 0) is 74.8 Å². The third kappa shape index (κ3) is 5.19. The van der Waals surface area contributed by atoms with Crippen molar-refractivity contribution >= 4 is 60.8 Å². The fourth-order valence-electron chi connectivity index (χ4n) is 2.82. The summed E-state index contributed by atoms with van der Waals surface area (Å²) in [6.07, 6.45) is 1.47. The summed E-state index contributed by atoms with van der Waals surface area (Å²) in [5, 5.41) is 10.1. The number of amides is 2. The third-order valence-corrected chi connectivity index (χ3v) is 7.20. The van der Waals surface area contributed by atoms with Crippen LogP contribution in [0.15, 0.2) is 44.2 Å². The van der Waals surface area contributed by atoms with E-state index in [0.29, 0.717) is 32.6 Å². The summed E-state index contributed by atoms with van der Waals surface area (Å²) < 4.78 is 17.5. The van der Waals surface area contributed by atoms with Crippen molar-refractivity contribution < 1.29 is 28.9 Å². The van der Waals surface area contributed by atoms with E-state index >= 15 is 0 Å².